The van der Waals surface area contributed by atoms with Crippen molar-refractivity contribution in [1.29, 1.82) is 0 Å². The molecule has 1 atom stereocenters. The molecular formula is C8H13NO2. The van der Waals surface area contributed by atoms with Crippen LogP contribution in [-0.4, -0.2) is 23.2 Å². The van der Waals surface area contributed by atoms with Crippen LogP contribution < -0.4 is 0 Å². The molecule has 0 radical (unpaired) electrons. The van der Waals surface area contributed by atoms with Crippen molar-refractivity contribution in [1.82, 2.24) is 5.06 Å². The Morgan fingerprint density at radius 2 is 2.36 bits per heavy atom. The minimum atomic E-state index is -0.172. The summed E-state index contributed by atoms with van der Waals surface area (Å²) in [5, 5.41) is 9.52. The molecule has 0 aromatic heterocycles. The topological polar surface area (TPSA) is 40.5 Å². The monoisotopic (exact) mass is 155 g/mol. The van der Waals surface area contributed by atoms with Gasteiger partial charge in [-0.3, -0.25) is 10.0 Å². The molecule has 0 aromatic rings. The third kappa shape index (κ3) is 2.05. The van der Waals surface area contributed by atoms with Crippen molar-refractivity contribution >= 4 is 5.91 Å². The first-order chi connectivity index (χ1) is 5.22. The molecule has 0 bridgehead atoms. The summed E-state index contributed by atoms with van der Waals surface area (Å²) in [5.74, 6) is -0.177. The van der Waals surface area contributed by atoms with Gasteiger partial charge in [0, 0.05) is 13.0 Å². The van der Waals surface area contributed by atoms with E-state index in [9.17, 15) is 4.79 Å². The third-order valence-corrected chi connectivity index (χ3v) is 1.94. The Kier molecular flexibility index (Phi) is 2.65. The Morgan fingerprint density at radius 3 is 2.82 bits per heavy atom. The highest BCUT2D eigenvalue weighted by atomic mass is 16.5. The van der Waals surface area contributed by atoms with Gasteiger partial charge in [0.15, 0.2) is 0 Å². The number of amides is 1. The van der Waals surface area contributed by atoms with Crippen molar-refractivity contribution in [3.63, 3.8) is 0 Å². The van der Waals surface area contributed by atoms with Crippen molar-refractivity contribution in [2.24, 2.45) is 5.92 Å². The molecule has 0 saturated carbocycles. The van der Waals surface area contributed by atoms with E-state index in [0.717, 1.165) is 19.3 Å². The fraction of sp³-hybridized carbons (Fsp3) is 0.625. The van der Waals surface area contributed by atoms with Gasteiger partial charge >= 0.3 is 0 Å². The zero-order chi connectivity index (χ0) is 8.27. The highest BCUT2D eigenvalue weighted by molar-refractivity contribution is 5.77. The normalized spacial score (nSPS) is 23.3. The van der Waals surface area contributed by atoms with E-state index in [4.69, 9.17) is 5.21 Å². The van der Waals surface area contributed by atoms with E-state index in [-0.39, 0.29) is 11.8 Å². The smallest absolute Gasteiger partial charge is 0.249 e. The maximum Gasteiger partial charge on any atom is 0.249 e. The molecule has 0 aliphatic heterocycles. The van der Waals surface area contributed by atoms with Gasteiger partial charge in [-0.1, -0.05) is 12.2 Å². The van der Waals surface area contributed by atoms with E-state index in [1.807, 2.05) is 6.08 Å². The summed E-state index contributed by atoms with van der Waals surface area (Å²) in [6, 6.07) is 0. The number of rotatable bonds is 1. The summed E-state index contributed by atoms with van der Waals surface area (Å²) in [6.45, 7) is 0. The fourth-order valence-electron chi connectivity index (χ4n) is 1.28. The van der Waals surface area contributed by atoms with Crippen molar-refractivity contribution in [3.8, 4) is 0 Å². The van der Waals surface area contributed by atoms with Gasteiger partial charge in [0.1, 0.15) is 0 Å². The Bertz CT molecular complexity index is 175. The van der Waals surface area contributed by atoms with Crippen LogP contribution >= 0.6 is 0 Å². The quantitative estimate of drug-likeness (QED) is 0.351. The minimum Gasteiger partial charge on any atom is -0.286 e. The van der Waals surface area contributed by atoms with E-state index >= 15 is 0 Å². The van der Waals surface area contributed by atoms with Crippen molar-refractivity contribution in [2.45, 2.75) is 19.3 Å². The predicted octanol–water partition coefficient (Wildman–Crippen LogP) is 1.19. The van der Waals surface area contributed by atoms with Crippen molar-refractivity contribution in [2.75, 3.05) is 7.05 Å². The maximum absolute atomic E-state index is 11.1. The van der Waals surface area contributed by atoms with Gasteiger partial charge in [0.2, 0.25) is 5.91 Å². The lowest BCUT2D eigenvalue weighted by atomic mass is 9.94. The molecule has 1 aliphatic carbocycles. The van der Waals surface area contributed by atoms with Crippen LogP contribution in [0.25, 0.3) is 0 Å². The predicted molar refractivity (Wildman–Crippen MR) is 41.0 cm³/mol. The van der Waals surface area contributed by atoms with E-state index in [2.05, 4.69) is 6.08 Å². The van der Waals surface area contributed by atoms with Gasteiger partial charge in [-0.25, -0.2) is 5.06 Å². The molecule has 1 unspecified atom stereocenters. The summed E-state index contributed by atoms with van der Waals surface area (Å²) < 4.78 is 0. The number of nitrogens with zero attached hydrogens (tertiary/aromatic N) is 1. The van der Waals surface area contributed by atoms with Crippen LogP contribution in [0.15, 0.2) is 12.2 Å². The average molecular weight is 155 g/mol. The molecule has 3 nitrogen and oxygen atoms in total. The fourth-order valence-corrected chi connectivity index (χ4v) is 1.28. The zero-order valence-electron chi connectivity index (χ0n) is 6.66. The second kappa shape index (κ2) is 3.53. The Labute approximate surface area is 66.3 Å². The van der Waals surface area contributed by atoms with Crippen molar-refractivity contribution in [3.05, 3.63) is 12.2 Å². The number of allylic oxidation sites excluding steroid dienone is 2. The summed E-state index contributed by atoms with van der Waals surface area (Å²) in [4.78, 5) is 11.1. The average Bonchev–Trinajstić information content (AvgIpc) is 2.05. The van der Waals surface area contributed by atoms with Gasteiger partial charge in [-0.05, 0) is 19.3 Å². The number of carbonyl (C=O) groups excluding carboxylic acids is 1. The van der Waals surface area contributed by atoms with E-state index in [0.29, 0.717) is 5.06 Å². The lowest BCUT2D eigenvalue weighted by molar-refractivity contribution is -0.164. The van der Waals surface area contributed by atoms with Crippen LogP contribution in [0, 0.1) is 5.92 Å². The molecule has 1 aliphatic rings. The lowest BCUT2D eigenvalue weighted by Crippen LogP contribution is -2.30. The molecule has 0 aromatic carbocycles. The standard InChI is InChI=1S/C8H13NO2/c1-9(11)8(10)7-5-3-2-4-6-7/h2-3,7,11H,4-6H2,1H3. The molecule has 3 heteroatoms. The first-order valence-corrected chi connectivity index (χ1v) is 3.83. The molecular weight excluding hydrogens is 142 g/mol. The van der Waals surface area contributed by atoms with E-state index in [1.54, 1.807) is 0 Å². The molecule has 0 fully saturated rings. The second-order valence-corrected chi connectivity index (χ2v) is 2.84. The number of hydroxylamine groups is 2. The molecule has 0 spiro atoms. The summed E-state index contributed by atoms with van der Waals surface area (Å²) in [6.07, 6.45) is 6.64. The summed E-state index contributed by atoms with van der Waals surface area (Å²) in [7, 11) is 1.38. The van der Waals surface area contributed by atoms with Crippen LogP contribution in [0.2, 0.25) is 0 Å². The van der Waals surface area contributed by atoms with Crippen LogP contribution in [0.1, 0.15) is 19.3 Å². The molecule has 11 heavy (non-hydrogen) atoms. The van der Waals surface area contributed by atoms with Gasteiger partial charge < -0.3 is 0 Å². The van der Waals surface area contributed by atoms with Gasteiger partial charge in [0.25, 0.3) is 0 Å². The lowest BCUT2D eigenvalue weighted by Gasteiger charge is -2.19. The Balaban J connectivity index is 2.47. The molecule has 0 saturated heterocycles. The van der Waals surface area contributed by atoms with Crippen LogP contribution in [0.4, 0.5) is 0 Å². The molecule has 1 N–H and O–H groups in total. The zero-order valence-corrected chi connectivity index (χ0v) is 6.66. The Hall–Kier alpha value is -0.830. The van der Waals surface area contributed by atoms with Crippen LogP contribution in [0.5, 0.6) is 0 Å². The minimum absolute atomic E-state index is 0.00463. The SMILES string of the molecule is CN(O)C(=O)C1CC=CCC1. The van der Waals surface area contributed by atoms with Crippen molar-refractivity contribution < 1.29 is 10.0 Å². The largest absolute Gasteiger partial charge is 0.286 e. The highest BCUT2D eigenvalue weighted by Gasteiger charge is 2.20. The molecule has 1 amide bonds. The highest BCUT2D eigenvalue weighted by Crippen LogP contribution is 2.19. The third-order valence-electron chi connectivity index (χ3n) is 1.94. The van der Waals surface area contributed by atoms with Crippen LogP contribution in [-0.2, 0) is 4.79 Å². The number of hydrogen-bond donors (Lipinski definition) is 1. The van der Waals surface area contributed by atoms with Gasteiger partial charge in [0.05, 0.1) is 0 Å². The molecule has 1 rings (SSSR count). The summed E-state index contributed by atoms with van der Waals surface area (Å²) >= 11 is 0. The van der Waals surface area contributed by atoms with Crippen LogP contribution in [0.3, 0.4) is 0 Å². The molecule has 62 valence electrons. The second-order valence-electron chi connectivity index (χ2n) is 2.84. The summed E-state index contributed by atoms with van der Waals surface area (Å²) in [5.41, 5.74) is 0. The van der Waals surface area contributed by atoms with Gasteiger partial charge in [-0.2, -0.15) is 0 Å². The number of hydrogen-bond acceptors (Lipinski definition) is 2. The van der Waals surface area contributed by atoms with Gasteiger partial charge in [-0.15, -0.1) is 0 Å². The first-order valence-electron chi connectivity index (χ1n) is 3.83. The molecule has 0 heterocycles. The Morgan fingerprint density at radius 1 is 1.64 bits per heavy atom. The van der Waals surface area contributed by atoms with E-state index < -0.39 is 0 Å². The first kappa shape index (κ1) is 8.27. The van der Waals surface area contributed by atoms with E-state index in [1.165, 1.54) is 7.05 Å². The number of carbonyl (C=O) groups is 1. The maximum atomic E-state index is 11.1.